The normalized spacial score (nSPS) is 11.7. The third kappa shape index (κ3) is 4.69. The van der Waals surface area contributed by atoms with Gasteiger partial charge in [0.2, 0.25) is 5.88 Å². The Bertz CT molecular complexity index is 379. The second kappa shape index (κ2) is 6.24. The summed E-state index contributed by atoms with van der Waals surface area (Å²) in [5, 5.41) is 3.50. The van der Waals surface area contributed by atoms with Crippen LogP contribution in [0, 0.1) is 0 Å². The van der Waals surface area contributed by atoms with E-state index >= 15 is 0 Å². The second-order valence-corrected chi connectivity index (χ2v) is 4.93. The minimum Gasteiger partial charge on any atom is -0.480 e. The average molecular weight is 283 g/mol. The topological polar surface area (TPSA) is 37.4 Å². The number of nitrogens with zero attached hydrogens (tertiary/aromatic N) is 2. The number of hydrogen-bond donors (Lipinski definition) is 1. The average Bonchev–Trinajstić information content (AvgIpc) is 2.66. The van der Waals surface area contributed by atoms with Crippen molar-refractivity contribution in [3.63, 3.8) is 0 Å². The molecule has 0 unspecified atom stereocenters. The lowest BCUT2D eigenvalue weighted by Crippen LogP contribution is -2.21. The van der Waals surface area contributed by atoms with Crippen LogP contribution in [0.15, 0.2) is 0 Å². The number of halogens is 3. The van der Waals surface area contributed by atoms with Crippen molar-refractivity contribution in [1.82, 2.24) is 10.3 Å². The van der Waals surface area contributed by atoms with Gasteiger partial charge in [-0.25, -0.2) is 0 Å². The molecule has 0 bridgehead atoms. The van der Waals surface area contributed by atoms with Crippen LogP contribution in [0.1, 0.15) is 11.3 Å². The Kier molecular flexibility index (Phi) is 5.21. The number of thiazole rings is 1. The number of anilines is 1. The quantitative estimate of drug-likeness (QED) is 0.813. The van der Waals surface area contributed by atoms with Crippen LogP contribution in [-0.2, 0) is 6.54 Å². The number of nitrogens with one attached hydrogen (secondary N) is 1. The molecule has 1 rings (SSSR count). The highest BCUT2D eigenvalue weighted by atomic mass is 32.1. The zero-order chi connectivity index (χ0) is 13.8. The van der Waals surface area contributed by atoms with Crippen molar-refractivity contribution >= 4 is 16.5 Å². The lowest BCUT2D eigenvalue weighted by molar-refractivity contribution is -0.133. The van der Waals surface area contributed by atoms with Crippen molar-refractivity contribution in [2.75, 3.05) is 32.6 Å². The molecular weight excluding hydrogens is 267 g/mol. The van der Waals surface area contributed by atoms with Crippen molar-refractivity contribution in [1.29, 1.82) is 0 Å². The molecule has 0 aliphatic heterocycles. The Labute approximate surface area is 108 Å². The van der Waals surface area contributed by atoms with Crippen LogP contribution in [0.25, 0.3) is 0 Å². The van der Waals surface area contributed by atoms with Crippen LogP contribution in [0.3, 0.4) is 0 Å². The van der Waals surface area contributed by atoms with Crippen molar-refractivity contribution < 1.29 is 17.9 Å². The molecule has 1 N–H and O–H groups in total. The molecular formula is C10H16F3N3OS. The third-order valence-electron chi connectivity index (χ3n) is 2.10. The monoisotopic (exact) mass is 283 g/mol. The Morgan fingerprint density at radius 3 is 2.56 bits per heavy atom. The Hall–Kier alpha value is -1.02. The number of hydrogen-bond acceptors (Lipinski definition) is 5. The molecule has 0 saturated heterocycles. The Balaban J connectivity index is 2.51. The van der Waals surface area contributed by atoms with Gasteiger partial charge in [-0.3, -0.25) is 0 Å². The first kappa shape index (κ1) is 15.0. The number of methoxy groups -OCH3 is 1. The maximum absolute atomic E-state index is 12.0. The lowest BCUT2D eigenvalue weighted by Gasteiger charge is -2.07. The van der Waals surface area contributed by atoms with E-state index in [0.717, 1.165) is 10.0 Å². The number of alkyl halides is 3. The maximum Gasteiger partial charge on any atom is 0.390 e. The van der Waals surface area contributed by atoms with Crippen molar-refractivity contribution in [2.45, 2.75) is 19.1 Å². The van der Waals surface area contributed by atoms with Gasteiger partial charge in [0, 0.05) is 27.2 Å². The SMILES string of the molecule is COc1nc(N(C)C)sc1CNCCC(F)(F)F. The first-order valence-electron chi connectivity index (χ1n) is 5.32. The fraction of sp³-hybridized carbons (Fsp3) is 0.700. The summed E-state index contributed by atoms with van der Waals surface area (Å²) >= 11 is 1.40. The van der Waals surface area contributed by atoms with Gasteiger partial charge in [0.15, 0.2) is 5.13 Å². The lowest BCUT2D eigenvalue weighted by atomic mass is 10.4. The zero-order valence-corrected chi connectivity index (χ0v) is 11.3. The molecule has 0 saturated carbocycles. The largest absolute Gasteiger partial charge is 0.480 e. The second-order valence-electron chi connectivity index (χ2n) is 3.87. The van der Waals surface area contributed by atoms with Crippen molar-refractivity contribution in [2.24, 2.45) is 0 Å². The maximum atomic E-state index is 12.0. The van der Waals surface area contributed by atoms with E-state index in [0.29, 0.717) is 12.4 Å². The molecule has 8 heteroatoms. The summed E-state index contributed by atoms with van der Waals surface area (Å²) in [6.07, 6.45) is -4.96. The summed E-state index contributed by atoms with van der Waals surface area (Å²) in [5.74, 6) is 0.461. The van der Waals surface area contributed by atoms with Crippen LogP contribution in [0.4, 0.5) is 18.3 Å². The van der Waals surface area contributed by atoms with Gasteiger partial charge in [-0.2, -0.15) is 18.2 Å². The molecule has 1 aromatic heterocycles. The van der Waals surface area contributed by atoms with Gasteiger partial charge in [0.05, 0.1) is 18.4 Å². The van der Waals surface area contributed by atoms with Gasteiger partial charge < -0.3 is 15.0 Å². The van der Waals surface area contributed by atoms with Crippen LogP contribution in [0.2, 0.25) is 0 Å². The third-order valence-corrected chi connectivity index (χ3v) is 3.30. The number of ether oxygens (including phenoxy) is 1. The first-order chi connectivity index (χ1) is 8.33. The van der Waals surface area contributed by atoms with E-state index in [1.165, 1.54) is 18.4 Å². The van der Waals surface area contributed by atoms with E-state index in [9.17, 15) is 13.2 Å². The Morgan fingerprint density at radius 2 is 2.06 bits per heavy atom. The molecule has 0 aliphatic carbocycles. The van der Waals surface area contributed by atoms with Gasteiger partial charge in [-0.05, 0) is 0 Å². The standard InChI is InChI=1S/C10H16F3N3OS/c1-16(2)9-15-8(17-3)7(18-9)6-14-5-4-10(11,12)13/h14H,4-6H2,1-3H3. The molecule has 1 aromatic rings. The molecule has 0 amide bonds. The molecule has 104 valence electrons. The minimum absolute atomic E-state index is 0.109. The molecule has 1 heterocycles. The molecule has 0 fully saturated rings. The van der Waals surface area contributed by atoms with E-state index in [-0.39, 0.29) is 6.54 Å². The van der Waals surface area contributed by atoms with Gasteiger partial charge in [0.25, 0.3) is 0 Å². The van der Waals surface area contributed by atoms with E-state index in [1.54, 1.807) is 0 Å². The summed E-state index contributed by atoms with van der Waals surface area (Å²) < 4.78 is 41.0. The fourth-order valence-electron chi connectivity index (χ4n) is 1.22. The molecule has 0 aliphatic rings. The summed E-state index contributed by atoms with van der Waals surface area (Å²) in [4.78, 5) is 6.84. The highest BCUT2D eigenvalue weighted by Crippen LogP contribution is 2.30. The van der Waals surface area contributed by atoms with Crippen molar-refractivity contribution in [3.8, 4) is 5.88 Å². The summed E-state index contributed by atoms with van der Waals surface area (Å²) in [6.45, 7) is 0.215. The molecule has 0 spiro atoms. The van der Waals surface area contributed by atoms with E-state index < -0.39 is 12.6 Å². The highest BCUT2D eigenvalue weighted by molar-refractivity contribution is 7.15. The van der Waals surface area contributed by atoms with Crippen LogP contribution in [-0.4, -0.2) is 38.9 Å². The van der Waals surface area contributed by atoms with Crippen LogP contribution < -0.4 is 15.0 Å². The van der Waals surface area contributed by atoms with Crippen LogP contribution >= 0.6 is 11.3 Å². The highest BCUT2D eigenvalue weighted by Gasteiger charge is 2.26. The van der Waals surface area contributed by atoms with Gasteiger partial charge in [-0.15, -0.1) is 0 Å². The molecule has 18 heavy (non-hydrogen) atoms. The van der Waals surface area contributed by atoms with Gasteiger partial charge in [-0.1, -0.05) is 11.3 Å². The smallest absolute Gasteiger partial charge is 0.390 e. The van der Waals surface area contributed by atoms with Crippen molar-refractivity contribution in [3.05, 3.63) is 4.88 Å². The van der Waals surface area contributed by atoms with E-state index in [4.69, 9.17) is 4.74 Å². The molecule has 0 radical (unpaired) electrons. The molecule has 0 atom stereocenters. The molecule has 0 aromatic carbocycles. The van der Waals surface area contributed by atoms with Crippen LogP contribution in [0.5, 0.6) is 5.88 Å². The first-order valence-corrected chi connectivity index (χ1v) is 6.13. The predicted octanol–water partition coefficient (Wildman–Crippen LogP) is 2.26. The van der Waals surface area contributed by atoms with E-state index in [2.05, 4.69) is 10.3 Å². The number of rotatable bonds is 6. The predicted molar refractivity (Wildman–Crippen MR) is 65.4 cm³/mol. The molecule has 4 nitrogen and oxygen atoms in total. The summed E-state index contributed by atoms with van der Waals surface area (Å²) in [7, 11) is 5.19. The number of aromatic nitrogens is 1. The minimum atomic E-state index is -4.13. The van der Waals surface area contributed by atoms with Gasteiger partial charge in [0.1, 0.15) is 0 Å². The summed E-state index contributed by atoms with van der Waals surface area (Å²) in [5.41, 5.74) is 0. The fourth-order valence-corrected chi connectivity index (χ4v) is 2.14. The zero-order valence-electron chi connectivity index (χ0n) is 10.5. The Morgan fingerprint density at radius 1 is 1.39 bits per heavy atom. The summed E-state index contributed by atoms with van der Waals surface area (Å²) in [6, 6.07) is 0. The van der Waals surface area contributed by atoms with E-state index in [1.807, 2.05) is 19.0 Å². The van der Waals surface area contributed by atoms with Gasteiger partial charge >= 0.3 is 6.18 Å².